The van der Waals surface area contributed by atoms with E-state index >= 15 is 0 Å². The van der Waals surface area contributed by atoms with Crippen molar-refractivity contribution in [1.29, 1.82) is 5.41 Å². The van der Waals surface area contributed by atoms with Gasteiger partial charge in [-0.25, -0.2) is 4.98 Å². The molecule has 0 bridgehead atoms. The van der Waals surface area contributed by atoms with Crippen LogP contribution in [0.3, 0.4) is 0 Å². The monoisotopic (exact) mass is 285 g/mol. The lowest BCUT2D eigenvalue weighted by molar-refractivity contribution is 1.12. The van der Waals surface area contributed by atoms with Gasteiger partial charge in [-0.15, -0.1) is 0 Å². The molecule has 0 radical (unpaired) electrons. The molecule has 0 amide bonds. The highest BCUT2D eigenvalue weighted by Gasteiger charge is 2.12. The number of halogens is 1. The lowest BCUT2D eigenvalue weighted by Crippen LogP contribution is -2.00. The van der Waals surface area contributed by atoms with E-state index in [4.69, 9.17) is 17.0 Å². The first-order chi connectivity index (χ1) is 9.74. The van der Waals surface area contributed by atoms with Gasteiger partial charge in [0.25, 0.3) is 0 Å². The van der Waals surface area contributed by atoms with E-state index in [2.05, 4.69) is 20.5 Å². The minimum atomic E-state index is 0.495. The number of pyridine rings is 1. The van der Waals surface area contributed by atoms with Gasteiger partial charge in [-0.3, -0.25) is 5.10 Å². The van der Waals surface area contributed by atoms with Crippen molar-refractivity contribution < 1.29 is 0 Å². The zero-order chi connectivity index (χ0) is 14.1. The summed E-state index contributed by atoms with van der Waals surface area (Å²) < 4.78 is 0. The molecule has 0 aliphatic heterocycles. The van der Waals surface area contributed by atoms with Gasteiger partial charge >= 0.3 is 0 Å². The number of hydrogen-bond acceptors (Lipinski definition) is 4. The van der Waals surface area contributed by atoms with Gasteiger partial charge < -0.3 is 10.7 Å². The molecule has 0 fully saturated rings. The summed E-state index contributed by atoms with van der Waals surface area (Å²) in [5.41, 5.74) is 3.22. The van der Waals surface area contributed by atoms with E-state index in [9.17, 15) is 0 Å². The van der Waals surface area contributed by atoms with Crippen LogP contribution in [0.4, 0.5) is 5.82 Å². The van der Waals surface area contributed by atoms with Crippen LogP contribution in [0.15, 0.2) is 30.5 Å². The first-order valence-corrected chi connectivity index (χ1v) is 6.43. The number of nitrogens with one attached hydrogen (secondary N) is 3. The van der Waals surface area contributed by atoms with E-state index in [0.29, 0.717) is 16.4 Å². The maximum Gasteiger partial charge on any atom is 0.136 e. The summed E-state index contributed by atoms with van der Waals surface area (Å²) in [5.74, 6) is 0.586. The number of H-pyrrole nitrogens is 1. The van der Waals surface area contributed by atoms with E-state index in [-0.39, 0.29) is 0 Å². The second-order valence-electron chi connectivity index (χ2n) is 4.28. The van der Waals surface area contributed by atoms with Gasteiger partial charge in [0.1, 0.15) is 5.82 Å². The average molecular weight is 286 g/mol. The Hall–Kier alpha value is -2.40. The fourth-order valence-electron chi connectivity index (χ4n) is 2.18. The number of anilines is 1. The summed E-state index contributed by atoms with van der Waals surface area (Å²) in [6.07, 6.45) is 2.97. The number of rotatable bonds is 3. The Balaban J connectivity index is 2.27. The van der Waals surface area contributed by atoms with Gasteiger partial charge in [-0.1, -0.05) is 23.7 Å². The van der Waals surface area contributed by atoms with Crippen LogP contribution in [-0.2, 0) is 0 Å². The molecule has 3 aromatic rings. The Kier molecular flexibility index (Phi) is 3.12. The minimum absolute atomic E-state index is 0.495. The van der Waals surface area contributed by atoms with E-state index in [1.807, 2.05) is 18.2 Å². The molecule has 6 heteroatoms. The summed E-state index contributed by atoms with van der Waals surface area (Å²) >= 11 is 6.23. The first-order valence-electron chi connectivity index (χ1n) is 6.06. The molecule has 3 N–H and O–H groups in total. The Bertz CT molecular complexity index is 793. The zero-order valence-electron chi connectivity index (χ0n) is 10.7. The molecule has 0 unspecified atom stereocenters. The Morgan fingerprint density at radius 2 is 2.25 bits per heavy atom. The summed E-state index contributed by atoms with van der Waals surface area (Å²) in [5, 5.41) is 18.8. The summed E-state index contributed by atoms with van der Waals surface area (Å²) in [4.78, 5) is 4.53. The van der Waals surface area contributed by atoms with Crippen LogP contribution >= 0.6 is 11.6 Å². The molecule has 5 nitrogen and oxygen atoms in total. The van der Waals surface area contributed by atoms with Gasteiger partial charge in [-0.05, 0) is 12.1 Å². The standard InChI is InChI=1S/C14H12ClN5/c1-17-14-9(6-16)11(15)5-13(19-14)8-3-2-4-12-10(8)7-18-20-12/h2-7,16H,1H3,(H,17,19)(H,18,20). The fraction of sp³-hybridized carbons (Fsp3) is 0.0714. The molecular formula is C14H12ClN5. The molecule has 0 aliphatic rings. The zero-order valence-corrected chi connectivity index (χ0v) is 11.5. The van der Waals surface area contributed by atoms with Crippen LogP contribution < -0.4 is 5.32 Å². The van der Waals surface area contributed by atoms with Gasteiger partial charge in [-0.2, -0.15) is 5.10 Å². The van der Waals surface area contributed by atoms with Gasteiger partial charge in [0.15, 0.2) is 0 Å². The number of hydrogen-bond donors (Lipinski definition) is 3. The molecule has 0 spiro atoms. The van der Waals surface area contributed by atoms with Gasteiger partial charge in [0.2, 0.25) is 0 Å². The van der Waals surface area contributed by atoms with E-state index in [0.717, 1.165) is 22.2 Å². The predicted octanol–water partition coefficient (Wildman–Crippen LogP) is 3.32. The van der Waals surface area contributed by atoms with E-state index < -0.39 is 0 Å². The van der Waals surface area contributed by atoms with Crippen LogP contribution in [0.25, 0.3) is 22.2 Å². The van der Waals surface area contributed by atoms with Crippen molar-refractivity contribution in [2.24, 2.45) is 0 Å². The first kappa shape index (κ1) is 12.6. The van der Waals surface area contributed by atoms with Crippen LogP contribution in [0.1, 0.15) is 5.56 Å². The average Bonchev–Trinajstić information content (AvgIpc) is 2.94. The highest BCUT2D eigenvalue weighted by atomic mass is 35.5. The molecule has 20 heavy (non-hydrogen) atoms. The molecule has 1 aromatic carbocycles. The van der Waals surface area contributed by atoms with E-state index in [1.165, 1.54) is 6.21 Å². The number of fused-ring (bicyclic) bond motifs is 1. The Labute approximate surface area is 120 Å². The van der Waals surface area contributed by atoms with Crippen molar-refractivity contribution in [2.75, 3.05) is 12.4 Å². The normalized spacial score (nSPS) is 10.7. The Morgan fingerprint density at radius 3 is 3.00 bits per heavy atom. The van der Waals surface area contributed by atoms with Crippen molar-refractivity contribution in [3.05, 3.63) is 41.0 Å². The highest BCUT2D eigenvalue weighted by Crippen LogP contribution is 2.31. The molecule has 100 valence electrons. The van der Waals surface area contributed by atoms with Crippen molar-refractivity contribution >= 4 is 34.5 Å². The number of benzene rings is 1. The maximum absolute atomic E-state index is 7.41. The lowest BCUT2D eigenvalue weighted by Gasteiger charge is -2.10. The smallest absolute Gasteiger partial charge is 0.136 e. The quantitative estimate of drug-likeness (QED) is 0.646. The number of aromatic nitrogens is 3. The summed E-state index contributed by atoms with van der Waals surface area (Å²) in [7, 11) is 1.76. The third-order valence-corrected chi connectivity index (χ3v) is 3.46. The molecule has 0 saturated heterocycles. The largest absolute Gasteiger partial charge is 0.373 e. The van der Waals surface area contributed by atoms with Crippen molar-refractivity contribution in [3.63, 3.8) is 0 Å². The SMILES string of the molecule is CNc1nc(-c2cccc3[nH]ncc23)cc(Cl)c1C=N. The topological polar surface area (TPSA) is 77.5 Å². The molecule has 0 atom stereocenters. The predicted molar refractivity (Wildman–Crippen MR) is 81.8 cm³/mol. The molecule has 2 aromatic heterocycles. The molecular weight excluding hydrogens is 274 g/mol. The van der Waals surface area contributed by atoms with Crippen LogP contribution in [0, 0.1) is 5.41 Å². The fourth-order valence-corrected chi connectivity index (χ4v) is 2.43. The van der Waals surface area contributed by atoms with Crippen molar-refractivity contribution in [3.8, 4) is 11.3 Å². The highest BCUT2D eigenvalue weighted by molar-refractivity contribution is 6.33. The molecule has 0 saturated carbocycles. The number of aromatic amines is 1. The number of nitrogens with zero attached hydrogens (tertiary/aromatic N) is 2. The van der Waals surface area contributed by atoms with Crippen molar-refractivity contribution in [1.82, 2.24) is 15.2 Å². The van der Waals surface area contributed by atoms with Crippen LogP contribution in [0.2, 0.25) is 5.02 Å². The van der Waals surface area contributed by atoms with Crippen LogP contribution in [0.5, 0.6) is 0 Å². The second-order valence-corrected chi connectivity index (χ2v) is 4.69. The third kappa shape index (κ3) is 1.92. The van der Waals surface area contributed by atoms with Gasteiger partial charge in [0, 0.05) is 24.2 Å². The Morgan fingerprint density at radius 1 is 1.40 bits per heavy atom. The molecule has 2 heterocycles. The summed E-state index contributed by atoms with van der Waals surface area (Å²) in [6.45, 7) is 0. The minimum Gasteiger partial charge on any atom is -0.373 e. The van der Waals surface area contributed by atoms with E-state index in [1.54, 1.807) is 19.3 Å². The summed E-state index contributed by atoms with van der Waals surface area (Å²) in [6, 6.07) is 7.64. The van der Waals surface area contributed by atoms with Crippen LogP contribution in [-0.4, -0.2) is 28.4 Å². The second kappa shape index (κ2) is 4.94. The van der Waals surface area contributed by atoms with Crippen molar-refractivity contribution in [2.45, 2.75) is 0 Å². The lowest BCUT2D eigenvalue weighted by atomic mass is 10.1. The maximum atomic E-state index is 7.41. The third-order valence-electron chi connectivity index (χ3n) is 3.15. The van der Waals surface area contributed by atoms with Gasteiger partial charge in [0.05, 0.1) is 28.0 Å². The molecule has 0 aliphatic carbocycles. The molecule has 3 rings (SSSR count).